The van der Waals surface area contributed by atoms with E-state index in [0.717, 1.165) is 10.0 Å². The van der Waals surface area contributed by atoms with Crippen LogP contribution in [0.15, 0.2) is 59.5 Å². The number of hydrogen-bond acceptors (Lipinski definition) is 4. The molecule has 0 spiro atoms. The summed E-state index contributed by atoms with van der Waals surface area (Å²) in [4.78, 5) is 17.1. The van der Waals surface area contributed by atoms with E-state index in [0.29, 0.717) is 6.54 Å². The predicted octanol–water partition coefficient (Wildman–Crippen LogP) is 2.40. The maximum atomic E-state index is 12.3. The third-order valence-electron chi connectivity index (χ3n) is 3.93. The van der Waals surface area contributed by atoms with Crippen molar-refractivity contribution in [3.05, 3.63) is 65.7 Å². The topological polar surface area (TPSA) is 75.7 Å². The van der Waals surface area contributed by atoms with Crippen molar-refractivity contribution in [2.75, 3.05) is 20.7 Å². The maximum Gasteiger partial charge on any atom is 0.264 e. The van der Waals surface area contributed by atoms with Gasteiger partial charge < -0.3 is 5.32 Å². The second-order valence-corrected chi connectivity index (χ2v) is 7.58. The van der Waals surface area contributed by atoms with Crippen LogP contribution in [0.25, 0.3) is 0 Å². The summed E-state index contributed by atoms with van der Waals surface area (Å²) in [5.41, 5.74) is 1.41. The minimum absolute atomic E-state index is 0.000563. The van der Waals surface area contributed by atoms with Crippen LogP contribution in [-0.4, -0.2) is 39.5 Å². The fourth-order valence-corrected chi connectivity index (χ4v) is 3.31. The van der Waals surface area contributed by atoms with Crippen LogP contribution in [0.3, 0.4) is 0 Å². The number of nitrogens with one attached hydrogen (secondary N) is 1. The van der Waals surface area contributed by atoms with Gasteiger partial charge in [-0.25, -0.2) is 8.42 Å². The molecule has 0 aliphatic carbocycles. The average molecular weight is 362 g/mol. The van der Waals surface area contributed by atoms with Gasteiger partial charge in [0.05, 0.1) is 12.0 Å². The molecule has 25 heavy (non-hydrogen) atoms. The zero-order valence-electron chi connectivity index (χ0n) is 14.5. The summed E-state index contributed by atoms with van der Waals surface area (Å²) in [5.74, 6) is -0.170. The van der Waals surface area contributed by atoms with Crippen LogP contribution in [0, 0.1) is 0 Å². The van der Waals surface area contributed by atoms with Gasteiger partial charge in [0.2, 0.25) is 0 Å². The summed E-state index contributed by atoms with van der Waals surface area (Å²) in [7, 11) is -1.23. The van der Waals surface area contributed by atoms with Gasteiger partial charge in [0.15, 0.2) is 0 Å². The number of amides is 1. The third-order valence-corrected chi connectivity index (χ3v) is 5.60. The van der Waals surface area contributed by atoms with Crippen molar-refractivity contribution >= 4 is 15.9 Å². The van der Waals surface area contributed by atoms with E-state index in [-0.39, 0.29) is 22.3 Å². The molecule has 0 bridgehead atoms. The second-order valence-electron chi connectivity index (χ2n) is 5.65. The number of sulfonamides is 1. The van der Waals surface area contributed by atoms with Crippen molar-refractivity contribution in [2.45, 2.75) is 17.7 Å². The van der Waals surface area contributed by atoms with E-state index in [2.05, 4.69) is 5.32 Å². The van der Waals surface area contributed by atoms with Gasteiger partial charge in [-0.2, -0.15) is 0 Å². The van der Waals surface area contributed by atoms with E-state index in [4.69, 9.17) is 4.84 Å². The number of carbonyl (C=O) groups excluding carboxylic acids is 1. The number of hydroxylamine groups is 1. The number of carbonyl (C=O) groups is 1. The molecule has 7 heteroatoms. The molecule has 1 N–H and O–H groups in total. The van der Waals surface area contributed by atoms with E-state index >= 15 is 0 Å². The van der Waals surface area contributed by atoms with Crippen LogP contribution >= 0.6 is 0 Å². The zero-order chi connectivity index (χ0) is 18.4. The Bertz CT molecular complexity index is 822. The average Bonchev–Trinajstić information content (AvgIpc) is 2.65. The largest absolute Gasteiger partial charge is 0.351 e. The Balaban J connectivity index is 2.09. The highest BCUT2D eigenvalue weighted by molar-refractivity contribution is 7.89. The molecule has 2 rings (SSSR count). The second kappa shape index (κ2) is 8.24. The summed E-state index contributed by atoms with van der Waals surface area (Å²) < 4.78 is 25.3. The van der Waals surface area contributed by atoms with E-state index in [1.165, 1.54) is 32.4 Å². The van der Waals surface area contributed by atoms with Crippen LogP contribution in [0.2, 0.25) is 0 Å². The molecule has 0 unspecified atom stereocenters. The van der Waals surface area contributed by atoms with Gasteiger partial charge >= 0.3 is 0 Å². The molecule has 0 saturated carbocycles. The van der Waals surface area contributed by atoms with E-state index in [1.807, 2.05) is 37.3 Å². The highest BCUT2D eigenvalue weighted by atomic mass is 32.2. The van der Waals surface area contributed by atoms with Gasteiger partial charge in [0.1, 0.15) is 0 Å². The molecular weight excluding hydrogens is 340 g/mol. The Labute approximate surface area is 148 Å². The quantitative estimate of drug-likeness (QED) is 0.768. The molecule has 1 amide bonds. The molecule has 2 aromatic rings. The van der Waals surface area contributed by atoms with Crippen LogP contribution in [0.1, 0.15) is 28.8 Å². The lowest BCUT2D eigenvalue weighted by atomic mass is 10.0. The van der Waals surface area contributed by atoms with Crippen LogP contribution in [-0.2, 0) is 14.9 Å². The van der Waals surface area contributed by atoms with Gasteiger partial charge in [0, 0.05) is 19.2 Å². The smallest absolute Gasteiger partial charge is 0.264 e. The molecule has 1 atom stereocenters. The summed E-state index contributed by atoms with van der Waals surface area (Å²) in [5, 5.41) is 2.84. The van der Waals surface area contributed by atoms with Gasteiger partial charge in [-0.05, 0) is 29.7 Å². The van der Waals surface area contributed by atoms with Gasteiger partial charge in [-0.1, -0.05) is 47.8 Å². The Morgan fingerprint density at radius 3 is 2.48 bits per heavy atom. The minimum atomic E-state index is -3.79. The monoisotopic (exact) mass is 362 g/mol. The predicted molar refractivity (Wildman–Crippen MR) is 95.6 cm³/mol. The maximum absolute atomic E-state index is 12.3. The molecule has 134 valence electrons. The molecular formula is C18H22N2O4S. The number of benzene rings is 2. The summed E-state index contributed by atoms with van der Waals surface area (Å²) in [6.45, 7) is 2.47. The van der Waals surface area contributed by atoms with Crippen LogP contribution in [0.4, 0.5) is 0 Å². The normalized spacial score (nSPS) is 12.8. The van der Waals surface area contributed by atoms with E-state index in [1.54, 1.807) is 6.07 Å². The third kappa shape index (κ3) is 4.66. The highest BCUT2D eigenvalue weighted by Gasteiger charge is 2.22. The Hall–Kier alpha value is -2.22. The molecule has 0 aliphatic heterocycles. The first kappa shape index (κ1) is 19.1. The lowest BCUT2D eigenvalue weighted by molar-refractivity contribution is -0.0258. The molecule has 6 nitrogen and oxygen atoms in total. The SMILES string of the molecule is CON(C)S(=O)(=O)c1cccc(C(=O)NC[C@H](C)c2ccccc2)c1. The Kier molecular flexibility index (Phi) is 6.30. The summed E-state index contributed by atoms with van der Waals surface area (Å²) >= 11 is 0. The molecule has 2 aromatic carbocycles. The van der Waals surface area contributed by atoms with Crippen molar-refractivity contribution in [3.63, 3.8) is 0 Å². The zero-order valence-corrected chi connectivity index (χ0v) is 15.3. The standard InChI is InChI=1S/C18H22N2O4S/c1-14(15-8-5-4-6-9-15)13-19-18(21)16-10-7-11-17(12-16)25(22,23)20(2)24-3/h4-12,14H,13H2,1-3H3,(H,19,21)/t14-/m0/s1. The van der Waals surface area contributed by atoms with Crippen molar-refractivity contribution in [2.24, 2.45) is 0 Å². The highest BCUT2D eigenvalue weighted by Crippen LogP contribution is 2.17. The first-order valence-electron chi connectivity index (χ1n) is 7.82. The molecule has 0 heterocycles. The Morgan fingerprint density at radius 1 is 1.16 bits per heavy atom. The summed E-state index contributed by atoms with van der Waals surface area (Å²) in [6.07, 6.45) is 0. The van der Waals surface area contributed by atoms with Crippen molar-refractivity contribution in [1.82, 2.24) is 9.79 Å². The minimum Gasteiger partial charge on any atom is -0.351 e. The van der Waals surface area contributed by atoms with Crippen molar-refractivity contribution in [3.8, 4) is 0 Å². The van der Waals surface area contributed by atoms with E-state index < -0.39 is 10.0 Å². The molecule has 0 aromatic heterocycles. The molecule has 0 radical (unpaired) electrons. The van der Waals surface area contributed by atoms with Gasteiger partial charge in [-0.15, -0.1) is 0 Å². The van der Waals surface area contributed by atoms with Crippen LogP contribution < -0.4 is 5.32 Å². The van der Waals surface area contributed by atoms with Gasteiger partial charge in [-0.3, -0.25) is 9.63 Å². The first-order valence-corrected chi connectivity index (χ1v) is 9.26. The first-order chi connectivity index (χ1) is 11.9. The Morgan fingerprint density at radius 2 is 1.84 bits per heavy atom. The fourth-order valence-electron chi connectivity index (χ4n) is 2.29. The van der Waals surface area contributed by atoms with Crippen LogP contribution in [0.5, 0.6) is 0 Å². The lowest BCUT2D eigenvalue weighted by Crippen LogP contribution is -2.28. The molecule has 0 aliphatic rings. The van der Waals surface area contributed by atoms with Gasteiger partial charge in [0.25, 0.3) is 15.9 Å². The molecule has 0 saturated heterocycles. The number of hydrogen-bond donors (Lipinski definition) is 1. The van der Waals surface area contributed by atoms with Crippen molar-refractivity contribution in [1.29, 1.82) is 0 Å². The lowest BCUT2D eigenvalue weighted by Gasteiger charge is -2.15. The van der Waals surface area contributed by atoms with Crippen molar-refractivity contribution < 1.29 is 18.0 Å². The summed E-state index contributed by atoms with van der Waals surface area (Å²) in [6, 6.07) is 15.7. The number of nitrogens with zero attached hydrogens (tertiary/aromatic N) is 1. The van der Waals surface area contributed by atoms with E-state index in [9.17, 15) is 13.2 Å². The fraction of sp³-hybridized carbons (Fsp3) is 0.278. The number of rotatable bonds is 7. The molecule has 0 fully saturated rings.